The van der Waals surface area contributed by atoms with Crippen molar-refractivity contribution in [3.05, 3.63) is 58.3 Å². The number of rotatable bonds is 5. The maximum atomic E-state index is 12.1. The van der Waals surface area contributed by atoms with E-state index in [1.807, 2.05) is 0 Å². The third-order valence-electron chi connectivity index (χ3n) is 2.93. The summed E-state index contributed by atoms with van der Waals surface area (Å²) in [4.78, 5) is 24.5. The summed E-state index contributed by atoms with van der Waals surface area (Å²) < 4.78 is 4.66. The third kappa shape index (κ3) is 3.68. The summed E-state index contributed by atoms with van der Waals surface area (Å²) in [5, 5.41) is 14.6. The van der Waals surface area contributed by atoms with E-state index in [4.69, 9.17) is 0 Å². The van der Waals surface area contributed by atoms with Crippen LogP contribution in [0.1, 0.15) is 21.3 Å². The van der Waals surface area contributed by atoms with E-state index in [1.54, 1.807) is 47.8 Å². The number of carbonyl (C=O) groups is 2. The molecule has 2 atom stereocenters. The van der Waals surface area contributed by atoms with Gasteiger partial charge in [0.15, 0.2) is 6.04 Å². The molecule has 0 saturated carbocycles. The van der Waals surface area contributed by atoms with Crippen molar-refractivity contribution in [2.45, 2.75) is 12.1 Å². The van der Waals surface area contributed by atoms with Crippen molar-refractivity contribution in [3.8, 4) is 0 Å². The lowest BCUT2D eigenvalue weighted by Gasteiger charge is -2.21. The lowest BCUT2D eigenvalue weighted by molar-refractivity contribution is -0.145. The van der Waals surface area contributed by atoms with Crippen LogP contribution < -0.4 is 5.32 Å². The molecular weight excluding hydrogens is 290 g/mol. The number of nitrogens with one attached hydrogen (secondary N) is 1. The number of hydrogen-bond donors (Lipinski definition) is 2. The largest absolute Gasteiger partial charge is 0.467 e. The molecule has 0 bridgehead atoms. The number of benzene rings is 1. The SMILES string of the molecule is COC(=O)[C@H](NC(=O)c1ccccc1)[C@H](O)c1cccs1. The van der Waals surface area contributed by atoms with Crippen molar-refractivity contribution in [2.24, 2.45) is 0 Å². The number of methoxy groups -OCH3 is 1. The zero-order valence-corrected chi connectivity index (χ0v) is 12.2. The van der Waals surface area contributed by atoms with Crippen LogP contribution in [0.25, 0.3) is 0 Å². The van der Waals surface area contributed by atoms with Gasteiger partial charge in [-0.15, -0.1) is 11.3 Å². The second kappa shape index (κ2) is 7.01. The van der Waals surface area contributed by atoms with Crippen LogP contribution in [0, 0.1) is 0 Å². The van der Waals surface area contributed by atoms with Gasteiger partial charge in [-0.2, -0.15) is 0 Å². The molecule has 2 rings (SSSR count). The number of amides is 1. The van der Waals surface area contributed by atoms with E-state index in [2.05, 4.69) is 10.1 Å². The summed E-state index contributed by atoms with van der Waals surface area (Å²) in [6.45, 7) is 0. The van der Waals surface area contributed by atoms with E-state index in [1.165, 1.54) is 18.4 Å². The zero-order valence-electron chi connectivity index (χ0n) is 11.4. The molecule has 5 nitrogen and oxygen atoms in total. The van der Waals surface area contributed by atoms with Gasteiger partial charge in [-0.3, -0.25) is 4.79 Å². The molecule has 0 saturated heterocycles. The first-order valence-electron chi connectivity index (χ1n) is 6.28. The lowest BCUT2D eigenvalue weighted by Crippen LogP contribution is -2.45. The molecule has 0 aliphatic carbocycles. The predicted octanol–water partition coefficient (Wildman–Crippen LogP) is 1.75. The van der Waals surface area contributed by atoms with E-state index < -0.39 is 24.0 Å². The van der Waals surface area contributed by atoms with Gasteiger partial charge in [0.2, 0.25) is 0 Å². The van der Waals surface area contributed by atoms with Crippen LogP contribution >= 0.6 is 11.3 Å². The zero-order chi connectivity index (χ0) is 15.2. The molecule has 1 aromatic heterocycles. The Hall–Kier alpha value is -2.18. The van der Waals surface area contributed by atoms with E-state index in [0.29, 0.717) is 10.4 Å². The fourth-order valence-corrected chi connectivity index (χ4v) is 2.58. The molecule has 1 amide bonds. The number of aliphatic hydroxyl groups is 1. The molecule has 0 aliphatic heterocycles. The summed E-state index contributed by atoms with van der Waals surface area (Å²) in [5.41, 5.74) is 0.407. The molecule has 1 aromatic carbocycles. The van der Waals surface area contributed by atoms with E-state index in [0.717, 1.165) is 0 Å². The molecule has 0 fully saturated rings. The van der Waals surface area contributed by atoms with Crippen LogP contribution in [0.4, 0.5) is 0 Å². The molecule has 6 heteroatoms. The Morgan fingerprint density at radius 3 is 2.48 bits per heavy atom. The van der Waals surface area contributed by atoms with E-state index in [9.17, 15) is 14.7 Å². The number of hydrogen-bond acceptors (Lipinski definition) is 5. The second-order valence-corrected chi connectivity index (χ2v) is 5.28. The van der Waals surface area contributed by atoms with Crippen molar-refractivity contribution in [2.75, 3.05) is 7.11 Å². The van der Waals surface area contributed by atoms with Crippen molar-refractivity contribution in [3.63, 3.8) is 0 Å². The first kappa shape index (κ1) is 15.2. The molecule has 0 radical (unpaired) electrons. The van der Waals surface area contributed by atoms with Crippen molar-refractivity contribution >= 4 is 23.2 Å². The molecule has 110 valence electrons. The molecule has 21 heavy (non-hydrogen) atoms. The van der Waals surface area contributed by atoms with Crippen LogP contribution in [0.2, 0.25) is 0 Å². The highest BCUT2D eigenvalue weighted by atomic mass is 32.1. The molecule has 0 spiro atoms. The highest BCUT2D eigenvalue weighted by molar-refractivity contribution is 7.10. The highest BCUT2D eigenvalue weighted by Crippen LogP contribution is 2.22. The van der Waals surface area contributed by atoms with Crippen molar-refractivity contribution < 1.29 is 19.4 Å². The number of ether oxygens (including phenoxy) is 1. The van der Waals surface area contributed by atoms with Crippen LogP contribution in [0.15, 0.2) is 47.8 Å². The number of thiophene rings is 1. The molecule has 2 N–H and O–H groups in total. The second-order valence-electron chi connectivity index (χ2n) is 4.30. The minimum absolute atomic E-state index is 0.407. The fourth-order valence-electron chi connectivity index (χ4n) is 1.83. The summed E-state index contributed by atoms with van der Waals surface area (Å²) in [5.74, 6) is -1.14. The average Bonchev–Trinajstić information content (AvgIpc) is 3.06. The summed E-state index contributed by atoms with van der Waals surface area (Å²) in [7, 11) is 1.21. The maximum absolute atomic E-state index is 12.1. The molecule has 2 aromatic rings. The monoisotopic (exact) mass is 305 g/mol. The van der Waals surface area contributed by atoms with Gasteiger partial charge in [0.25, 0.3) is 5.91 Å². The van der Waals surface area contributed by atoms with Crippen molar-refractivity contribution in [1.82, 2.24) is 5.32 Å². The molecular formula is C15H15NO4S. The van der Waals surface area contributed by atoms with Gasteiger partial charge in [0, 0.05) is 10.4 Å². The average molecular weight is 305 g/mol. The highest BCUT2D eigenvalue weighted by Gasteiger charge is 2.31. The summed E-state index contributed by atoms with van der Waals surface area (Å²) in [6.07, 6.45) is -1.15. The first-order chi connectivity index (χ1) is 10.1. The van der Waals surface area contributed by atoms with Gasteiger partial charge in [-0.05, 0) is 23.6 Å². The molecule has 1 heterocycles. The quantitative estimate of drug-likeness (QED) is 0.825. The van der Waals surface area contributed by atoms with Gasteiger partial charge in [0.05, 0.1) is 7.11 Å². The smallest absolute Gasteiger partial charge is 0.331 e. The minimum atomic E-state index is -1.15. The van der Waals surface area contributed by atoms with Crippen LogP contribution in [0.5, 0.6) is 0 Å². The van der Waals surface area contributed by atoms with Crippen LogP contribution in [0.3, 0.4) is 0 Å². The summed E-state index contributed by atoms with van der Waals surface area (Å²) in [6, 6.07) is 10.8. The predicted molar refractivity (Wildman–Crippen MR) is 79.0 cm³/mol. The van der Waals surface area contributed by atoms with Gasteiger partial charge in [-0.1, -0.05) is 24.3 Å². The van der Waals surface area contributed by atoms with Crippen LogP contribution in [-0.4, -0.2) is 30.1 Å². The molecule has 0 aliphatic rings. The minimum Gasteiger partial charge on any atom is -0.467 e. The van der Waals surface area contributed by atoms with Crippen LogP contribution in [-0.2, 0) is 9.53 Å². The lowest BCUT2D eigenvalue weighted by atomic mass is 10.1. The Kier molecular flexibility index (Phi) is 5.08. The number of carbonyl (C=O) groups excluding carboxylic acids is 2. The van der Waals surface area contributed by atoms with E-state index in [-0.39, 0.29) is 0 Å². The maximum Gasteiger partial charge on any atom is 0.331 e. The third-order valence-corrected chi connectivity index (χ3v) is 3.87. The summed E-state index contributed by atoms with van der Waals surface area (Å²) >= 11 is 1.30. The van der Waals surface area contributed by atoms with Gasteiger partial charge in [-0.25, -0.2) is 4.79 Å². The number of aliphatic hydroxyl groups excluding tert-OH is 1. The Labute approximate surface area is 126 Å². The van der Waals surface area contributed by atoms with Gasteiger partial charge >= 0.3 is 5.97 Å². The molecule has 0 unspecified atom stereocenters. The fraction of sp³-hybridized carbons (Fsp3) is 0.200. The first-order valence-corrected chi connectivity index (χ1v) is 7.16. The normalized spacial score (nSPS) is 13.2. The number of esters is 1. The Bertz CT molecular complexity index is 597. The topological polar surface area (TPSA) is 75.6 Å². The van der Waals surface area contributed by atoms with Gasteiger partial charge in [0.1, 0.15) is 6.10 Å². The Morgan fingerprint density at radius 1 is 1.19 bits per heavy atom. The standard InChI is InChI=1S/C15H15NO4S/c1-20-15(19)12(13(17)11-8-5-9-21-11)16-14(18)10-6-3-2-4-7-10/h2-9,12-13,17H,1H3,(H,16,18)/t12-,13-/m1/s1. The van der Waals surface area contributed by atoms with Crippen molar-refractivity contribution in [1.29, 1.82) is 0 Å². The van der Waals surface area contributed by atoms with Gasteiger partial charge < -0.3 is 15.2 Å². The Morgan fingerprint density at radius 2 is 1.90 bits per heavy atom. The Balaban J connectivity index is 2.17. The van der Waals surface area contributed by atoms with E-state index >= 15 is 0 Å².